The van der Waals surface area contributed by atoms with E-state index in [9.17, 15) is 13.2 Å². The van der Waals surface area contributed by atoms with Crippen LogP contribution in [0.25, 0.3) is 10.8 Å². The minimum absolute atomic E-state index is 0.0859. The number of benzene rings is 4. The smallest absolute Gasteiger partial charge is 0.243 e. The lowest BCUT2D eigenvalue weighted by atomic mass is 10.1. The maximum atomic E-state index is 13.3. The Morgan fingerprint density at radius 2 is 1.61 bits per heavy atom. The first-order valence-corrected chi connectivity index (χ1v) is 11.9. The van der Waals surface area contributed by atoms with Gasteiger partial charge in [-0.3, -0.25) is 4.79 Å². The van der Waals surface area contributed by atoms with Gasteiger partial charge in [0.25, 0.3) is 0 Å². The van der Waals surface area contributed by atoms with Crippen molar-refractivity contribution in [3.8, 4) is 5.75 Å². The fourth-order valence-corrected chi connectivity index (χ4v) is 5.10. The van der Waals surface area contributed by atoms with Crippen LogP contribution in [0.4, 0.5) is 11.4 Å². The van der Waals surface area contributed by atoms with E-state index in [0.29, 0.717) is 17.1 Å². The van der Waals surface area contributed by atoms with Crippen LogP contribution in [0.5, 0.6) is 5.75 Å². The predicted molar refractivity (Wildman–Crippen MR) is 131 cm³/mol. The Morgan fingerprint density at radius 3 is 2.36 bits per heavy atom. The second-order valence-corrected chi connectivity index (χ2v) is 9.53. The van der Waals surface area contributed by atoms with E-state index in [1.54, 1.807) is 30.3 Å². The molecule has 1 amide bonds. The zero-order valence-electron chi connectivity index (χ0n) is 18.3. The van der Waals surface area contributed by atoms with Crippen molar-refractivity contribution in [2.45, 2.75) is 16.7 Å². The lowest BCUT2D eigenvalue weighted by Gasteiger charge is -2.14. The first kappa shape index (κ1) is 22.4. The average molecular weight is 461 g/mol. The highest BCUT2D eigenvalue weighted by atomic mass is 32.2. The second kappa shape index (κ2) is 9.34. The Morgan fingerprint density at radius 1 is 0.879 bits per heavy atom. The van der Waals surface area contributed by atoms with Gasteiger partial charge in [0.1, 0.15) is 5.75 Å². The summed E-state index contributed by atoms with van der Waals surface area (Å²) in [6, 6.07) is 24.8. The summed E-state index contributed by atoms with van der Waals surface area (Å²) in [6.07, 6.45) is 0. The second-order valence-electron chi connectivity index (χ2n) is 7.61. The number of hydrogen-bond donors (Lipinski definition) is 2. The van der Waals surface area contributed by atoms with E-state index in [0.717, 1.165) is 16.3 Å². The van der Waals surface area contributed by atoms with Crippen LogP contribution in [0.2, 0.25) is 0 Å². The van der Waals surface area contributed by atoms with Crippen molar-refractivity contribution in [3.63, 3.8) is 0 Å². The van der Waals surface area contributed by atoms with Crippen molar-refractivity contribution >= 4 is 37.9 Å². The fraction of sp³-hybridized carbons (Fsp3) is 0.115. The Bertz CT molecular complexity index is 1410. The molecule has 4 rings (SSSR count). The number of fused-ring (bicyclic) bond motifs is 1. The van der Waals surface area contributed by atoms with Gasteiger partial charge >= 0.3 is 0 Å². The molecule has 2 N–H and O–H groups in total. The highest BCUT2D eigenvalue weighted by Crippen LogP contribution is 2.30. The van der Waals surface area contributed by atoms with Gasteiger partial charge in [-0.2, -0.15) is 0 Å². The third-order valence-electron chi connectivity index (χ3n) is 5.30. The van der Waals surface area contributed by atoms with Crippen LogP contribution in [0.3, 0.4) is 0 Å². The van der Waals surface area contributed by atoms with E-state index < -0.39 is 9.84 Å². The number of carbonyl (C=O) groups is 1. The summed E-state index contributed by atoms with van der Waals surface area (Å²) in [6.45, 7) is 1.74. The van der Waals surface area contributed by atoms with Crippen molar-refractivity contribution < 1.29 is 17.9 Å². The zero-order chi connectivity index (χ0) is 23.4. The van der Waals surface area contributed by atoms with Gasteiger partial charge in [0.15, 0.2) is 0 Å². The number of rotatable bonds is 7. The molecule has 0 atom stereocenters. The molecule has 0 aliphatic carbocycles. The molecular weight excluding hydrogens is 436 g/mol. The first-order chi connectivity index (χ1) is 15.9. The third-order valence-corrected chi connectivity index (χ3v) is 7.11. The molecule has 0 aliphatic rings. The van der Waals surface area contributed by atoms with Gasteiger partial charge < -0.3 is 15.4 Å². The first-order valence-electron chi connectivity index (χ1n) is 10.4. The van der Waals surface area contributed by atoms with E-state index in [2.05, 4.69) is 10.6 Å². The van der Waals surface area contributed by atoms with Crippen LogP contribution in [0, 0.1) is 6.92 Å². The molecule has 0 saturated heterocycles. The van der Waals surface area contributed by atoms with E-state index >= 15 is 0 Å². The number of anilines is 2. The molecule has 4 aromatic carbocycles. The van der Waals surface area contributed by atoms with Crippen molar-refractivity contribution in [2.24, 2.45) is 0 Å². The minimum Gasteiger partial charge on any atom is -0.497 e. The minimum atomic E-state index is -3.80. The quantitative estimate of drug-likeness (QED) is 0.404. The van der Waals surface area contributed by atoms with Gasteiger partial charge in [0, 0.05) is 11.1 Å². The number of ether oxygens (including phenoxy) is 1. The van der Waals surface area contributed by atoms with Crippen molar-refractivity contribution in [3.05, 3.63) is 90.5 Å². The van der Waals surface area contributed by atoms with Crippen molar-refractivity contribution in [1.29, 1.82) is 0 Å². The molecule has 7 heteroatoms. The monoisotopic (exact) mass is 460 g/mol. The number of sulfone groups is 1. The van der Waals surface area contributed by atoms with Gasteiger partial charge in [-0.05, 0) is 60.3 Å². The largest absolute Gasteiger partial charge is 0.497 e. The molecule has 0 unspecified atom stereocenters. The molecule has 0 saturated carbocycles. The van der Waals surface area contributed by atoms with Crippen LogP contribution in [-0.2, 0) is 14.6 Å². The Labute approximate surface area is 193 Å². The van der Waals surface area contributed by atoms with Crippen LogP contribution >= 0.6 is 0 Å². The molecule has 33 heavy (non-hydrogen) atoms. The van der Waals surface area contributed by atoms with Gasteiger partial charge in [0.05, 0.1) is 29.1 Å². The molecule has 0 spiro atoms. The van der Waals surface area contributed by atoms with Gasteiger partial charge in [-0.15, -0.1) is 0 Å². The fourth-order valence-electron chi connectivity index (χ4n) is 3.58. The summed E-state index contributed by atoms with van der Waals surface area (Å²) < 4.78 is 31.7. The molecule has 0 bridgehead atoms. The SMILES string of the molecule is COc1ccc(S(=O)(=O)c2cc(C)ccc2NCC(=O)Nc2cccc3ccccc23)cc1. The maximum absolute atomic E-state index is 13.3. The van der Waals surface area contributed by atoms with Crippen LogP contribution < -0.4 is 15.4 Å². The highest BCUT2D eigenvalue weighted by Gasteiger charge is 2.22. The molecule has 0 radical (unpaired) electrons. The van der Waals surface area contributed by atoms with E-state index in [1.807, 2.05) is 49.4 Å². The lowest BCUT2D eigenvalue weighted by Crippen LogP contribution is -2.22. The van der Waals surface area contributed by atoms with E-state index in [-0.39, 0.29) is 22.2 Å². The average Bonchev–Trinajstić information content (AvgIpc) is 2.83. The number of nitrogens with one attached hydrogen (secondary N) is 2. The summed E-state index contributed by atoms with van der Waals surface area (Å²) in [5.74, 6) is 0.293. The molecule has 6 nitrogen and oxygen atoms in total. The topological polar surface area (TPSA) is 84.5 Å². The summed E-state index contributed by atoms with van der Waals surface area (Å²) in [5, 5.41) is 7.85. The third kappa shape index (κ3) is 4.83. The summed E-state index contributed by atoms with van der Waals surface area (Å²) in [4.78, 5) is 12.9. The number of hydrogen-bond acceptors (Lipinski definition) is 5. The standard InChI is InChI=1S/C26H24N2O4S/c1-18-10-15-24(25(16-18)33(30,31)21-13-11-20(32-2)12-14-21)27-17-26(29)28-23-9-5-7-19-6-3-4-8-22(19)23/h3-16,27H,17H2,1-2H3,(H,28,29). The summed E-state index contributed by atoms with van der Waals surface area (Å²) in [5.41, 5.74) is 1.87. The molecule has 4 aromatic rings. The van der Waals surface area contributed by atoms with Crippen LogP contribution in [0.1, 0.15) is 5.56 Å². The van der Waals surface area contributed by atoms with Gasteiger partial charge in [-0.25, -0.2) is 8.42 Å². The molecular formula is C26H24N2O4S. The van der Waals surface area contributed by atoms with Crippen molar-refractivity contribution in [1.82, 2.24) is 0 Å². The number of carbonyl (C=O) groups excluding carboxylic acids is 1. The Balaban J connectivity index is 1.55. The number of amides is 1. The number of aryl methyl sites for hydroxylation is 1. The number of methoxy groups -OCH3 is 1. The molecule has 0 heterocycles. The Hall–Kier alpha value is -3.84. The van der Waals surface area contributed by atoms with E-state index in [1.165, 1.54) is 19.2 Å². The van der Waals surface area contributed by atoms with Crippen LogP contribution in [0.15, 0.2) is 94.7 Å². The van der Waals surface area contributed by atoms with Crippen LogP contribution in [-0.4, -0.2) is 28.0 Å². The Kier molecular flexibility index (Phi) is 6.33. The van der Waals surface area contributed by atoms with Crippen molar-refractivity contribution in [2.75, 3.05) is 24.3 Å². The molecule has 0 aromatic heterocycles. The zero-order valence-corrected chi connectivity index (χ0v) is 19.1. The molecule has 0 fully saturated rings. The van der Waals surface area contributed by atoms with E-state index in [4.69, 9.17) is 4.74 Å². The maximum Gasteiger partial charge on any atom is 0.243 e. The molecule has 168 valence electrons. The predicted octanol–water partition coefficient (Wildman–Crippen LogP) is 5.04. The highest BCUT2D eigenvalue weighted by molar-refractivity contribution is 7.91. The van der Waals surface area contributed by atoms with Gasteiger partial charge in [0.2, 0.25) is 15.7 Å². The normalized spacial score (nSPS) is 11.2. The summed E-state index contributed by atoms with van der Waals surface area (Å²) in [7, 11) is -2.28. The molecule has 0 aliphatic heterocycles. The lowest BCUT2D eigenvalue weighted by molar-refractivity contribution is -0.114. The summed E-state index contributed by atoms with van der Waals surface area (Å²) >= 11 is 0. The van der Waals surface area contributed by atoms with Gasteiger partial charge in [-0.1, -0.05) is 42.5 Å².